The number of alkyl halides is 3. The van der Waals surface area contributed by atoms with Crippen LogP contribution in [0.5, 0.6) is 0 Å². The van der Waals surface area contributed by atoms with Gasteiger partial charge in [-0.25, -0.2) is 0 Å². The quantitative estimate of drug-likeness (QED) is 0.831. The molecule has 1 aromatic rings. The van der Waals surface area contributed by atoms with Crippen LogP contribution in [0.25, 0.3) is 0 Å². The van der Waals surface area contributed by atoms with Crippen molar-refractivity contribution in [2.75, 3.05) is 0 Å². The summed E-state index contributed by atoms with van der Waals surface area (Å²) in [4.78, 5) is 10.5. The third-order valence-corrected chi connectivity index (χ3v) is 3.87. The second-order valence-corrected chi connectivity index (χ2v) is 5.41. The molecule has 8 heteroatoms. The molecule has 0 aliphatic carbocycles. The van der Waals surface area contributed by atoms with Gasteiger partial charge in [-0.2, -0.15) is 13.2 Å². The summed E-state index contributed by atoms with van der Waals surface area (Å²) in [5, 5.41) is 6.75. The minimum absolute atomic E-state index is 0.101. The second kappa shape index (κ2) is 6.04. The number of carbonyl (C=O) groups is 1. The van der Waals surface area contributed by atoms with Crippen molar-refractivity contribution < 1.29 is 23.1 Å². The molecule has 1 atom stereocenters. The smallest absolute Gasteiger partial charge is 0.401 e. The summed E-state index contributed by atoms with van der Waals surface area (Å²) in [6, 6.07) is 4.07. The van der Waals surface area contributed by atoms with E-state index in [2.05, 4.69) is 0 Å². The highest BCUT2D eigenvalue weighted by atomic mass is 35.5. The first kappa shape index (κ1) is 15.5. The summed E-state index contributed by atoms with van der Waals surface area (Å²) in [5.41, 5.74) is 0. The summed E-state index contributed by atoms with van der Waals surface area (Å²) < 4.78 is 37.9. The topological polar surface area (TPSA) is 37.3 Å². The molecule has 0 saturated carbocycles. The van der Waals surface area contributed by atoms with E-state index in [0.717, 1.165) is 0 Å². The number of benzene rings is 1. The normalized spacial score (nSPS) is 13.4. The van der Waals surface area contributed by atoms with Gasteiger partial charge in [-0.3, -0.25) is 4.79 Å². The Morgan fingerprint density at radius 3 is 2.50 bits per heavy atom. The molecule has 0 bridgehead atoms. The number of hydrogen-bond donors (Lipinski definition) is 1. The zero-order valence-corrected chi connectivity index (χ0v) is 11.0. The van der Waals surface area contributed by atoms with Gasteiger partial charge in [0, 0.05) is 9.92 Å². The van der Waals surface area contributed by atoms with Crippen molar-refractivity contribution in [2.24, 2.45) is 0 Å². The molecule has 1 rings (SSSR count). The Kier molecular flexibility index (Phi) is 5.19. The van der Waals surface area contributed by atoms with Gasteiger partial charge in [-0.15, -0.1) is 11.8 Å². The molecular weight excluding hydrogens is 312 g/mol. The number of rotatable bonds is 4. The van der Waals surface area contributed by atoms with E-state index in [0.29, 0.717) is 11.8 Å². The van der Waals surface area contributed by atoms with E-state index >= 15 is 0 Å². The number of carboxylic acid groups (broad SMARTS) is 1. The van der Waals surface area contributed by atoms with Crippen molar-refractivity contribution in [3.8, 4) is 0 Å². The van der Waals surface area contributed by atoms with Gasteiger partial charge < -0.3 is 5.11 Å². The fourth-order valence-corrected chi connectivity index (χ4v) is 2.63. The van der Waals surface area contributed by atoms with Gasteiger partial charge in [0.15, 0.2) is 0 Å². The summed E-state index contributed by atoms with van der Waals surface area (Å²) >= 11 is 11.7. The Hall–Kier alpha value is -0.590. The standard InChI is InChI=1S/C10H7Cl2F3O2S/c11-5-1-2-6(12)7(3-5)18-8(4-9(16)17)10(13,14)15/h1-3,8H,4H2,(H,16,17). The van der Waals surface area contributed by atoms with Crippen LogP contribution in [0.15, 0.2) is 23.1 Å². The van der Waals surface area contributed by atoms with Crippen LogP contribution < -0.4 is 0 Å². The molecule has 0 saturated heterocycles. The maximum Gasteiger partial charge on any atom is 0.401 e. The predicted octanol–water partition coefficient (Wildman–Crippen LogP) is 4.49. The van der Waals surface area contributed by atoms with Gasteiger partial charge in [0.1, 0.15) is 5.25 Å². The van der Waals surface area contributed by atoms with Crippen molar-refractivity contribution in [3.05, 3.63) is 28.2 Å². The molecule has 1 aromatic carbocycles. The molecule has 0 radical (unpaired) electrons. The number of carboxylic acids is 1. The first-order valence-electron chi connectivity index (χ1n) is 4.60. The lowest BCUT2D eigenvalue weighted by Crippen LogP contribution is -2.28. The van der Waals surface area contributed by atoms with E-state index in [1.165, 1.54) is 18.2 Å². The van der Waals surface area contributed by atoms with Crippen LogP contribution in [0.4, 0.5) is 13.2 Å². The lowest BCUT2D eigenvalue weighted by molar-refractivity contribution is -0.149. The number of aliphatic carboxylic acids is 1. The van der Waals surface area contributed by atoms with Gasteiger partial charge in [-0.1, -0.05) is 23.2 Å². The van der Waals surface area contributed by atoms with Gasteiger partial charge in [0.05, 0.1) is 11.4 Å². The zero-order chi connectivity index (χ0) is 13.9. The van der Waals surface area contributed by atoms with E-state index in [9.17, 15) is 18.0 Å². The molecule has 0 aliphatic rings. The van der Waals surface area contributed by atoms with Crippen molar-refractivity contribution in [3.63, 3.8) is 0 Å². The third-order valence-electron chi connectivity index (χ3n) is 1.89. The van der Waals surface area contributed by atoms with Crippen molar-refractivity contribution in [1.29, 1.82) is 0 Å². The average Bonchev–Trinajstić information content (AvgIpc) is 2.20. The first-order valence-corrected chi connectivity index (χ1v) is 6.24. The fourth-order valence-electron chi connectivity index (χ4n) is 1.10. The molecule has 100 valence electrons. The highest BCUT2D eigenvalue weighted by Crippen LogP contribution is 2.40. The highest BCUT2D eigenvalue weighted by molar-refractivity contribution is 8.00. The number of hydrogen-bond acceptors (Lipinski definition) is 2. The Labute approximate surface area is 115 Å². The molecule has 18 heavy (non-hydrogen) atoms. The molecule has 0 aliphatic heterocycles. The third kappa shape index (κ3) is 4.59. The average molecular weight is 319 g/mol. The van der Waals surface area contributed by atoms with E-state index in [4.69, 9.17) is 28.3 Å². The van der Waals surface area contributed by atoms with Crippen LogP contribution in [0.2, 0.25) is 10.0 Å². The lowest BCUT2D eigenvalue weighted by atomic mass is 10.3. The van der Waals surface area contributed by atoms with E-state index in [1.807, 2.05) is 0 Å². The summed E-state index contributed by atoms with van der Waals surface area (Å²) in [6.07, 6.45) is -5.66. The molecular formula is C10H7Cl2F3O2S. The highest BCUT2D eigenvalue weighted by Gasteiger charge is 2.42. The fraction of sp³-hybridized carbons (Fsp3) is 0.300. The number of thioether (sulfide) groups is 1. The second-order valence-electron chi connectivity index (χ2n) is 3.32. The molecule has 0 spiro atoms. The van der Waals surface area contributed by atoms with Crippen LogP contribution in [-0.4, -0.2) is 22.5 Å². The maximum absolute atomic E-state index is 12.6. The van der Waals surface area contributed by atoms with Crippen molar-refractivity contribution in [2.45, 2.75) is 22.7 Å². The zero-order valence-electron chi connectivity index (χ0n) is 8.67. The minimum atomic E-state index is -4.63. The molecule has 0 amide bonds. The molecule has 1 unspecified atom stereocenters. The van der Waals surface area contributed by atoms with Gasteiger partial charge >= 0.3 is 12.1 Å². The minimum Gasteiger partial charge on any atom is -0.481 e. The van der Waals surface area contributed by atoms with Crippen LogP contribution in [0.3, 0.4) is 0 Å². The number of halogens is 5. The van der Waals surface area contributed by atoms with Gasteiger partial charge in [0.25, 0.3) is 0 Å². The SMILES string of the molecule is O=C(O)CC(Sc1cc(Cl)ccc1Cl)C(F)(F)F. The monoisotopic (exact) mass is 318 g/mol. The van der Waals surface area contributed by atoms with Gasteiger partial charge in [0.2, 0.25) is 0 Å². The molecule has 0 aromatic heterocycles. The Bertz CT molecular complexity index is 451. The largest absolute Gasteiger partial charge is 0.481 e. The summed E-state index contributed by atoms with van der Waals surface area (Å²) in [5.74, 6) is -1.53. The van der Waals surface area contributed by atoms with Crippen LogP contribution >= 0.6 is 35.0 Å². The van der Waals surface area contributed by atoms with E-state index in [1.54, 1.807) is 0 Å². The van der Waals surface area contributed by atoms with Crippen LogP contribution in [-0.2, 0) is 4.79 Å². The van der Waals surface area contributed by atoms with Crippen LogP contribution in [0.1, 0.15) is 6.42 Å². The van der Waals surface area contributed by atoms with Crippen molar-refractivity contribution >= 4 is 40.9 Å². The molecule has 2 nitrogen and oxygen atoms in total. The van der Waals surface area contributed by atoms with E-state index in [-0.39, 0.29) is 14.9 Å². The molecule has 0 heterocycles. The molecule has 0 fully saturated rings. The van der Waals surface area contributed by atoms with Crippen LogP contribution in [0, 0.1) is 0 Å². The predicted molar refractivity (Wildman–Crippen MR) is 64.4 cm³/mol. The van der Waals surface area contributed by atoms with E-state index < -0.39 is 23.8 Å². The van der Waals surface area contributed by atoms with Gasteiger partial charge in [-0.05, 0) is 18.2 Å². The molecule has 1 N–H and O–H groups in total. The Balaban J connectivity index is 2.96. The maximum atomic E-state index is 12.6. The lowest BCUT2D eigenvalue weighted by Gasteiger charge is -2.18. The summed E-state index contributed by atoms with van der Waals surface area (Å²) in [7, 11) is 0. The van der Waals surface area contributed by atoms with Crippen molar-refractivity contribution in [1.82, 2.24) is 0 Å². The Morgan fingerprint density at radius 2 is 2.00 bits per heavy atom. The first-order chi connectivity index (χ1) is 8.20. The summed E-state index contributed by atoms with van der Waals surface area (Å²) in [6.45, 7) is 0. The Morgan fingerprint density at radius 1 is 1.39 bits per heavy atom.